The molecule has 0 aliphatic heterocycles. The second-order valence-corrected chi connectivity index (χ2v) is 6.03. The first-order valence-corrected chi connectivity index (χ1v) is 7.63. The van der Waals surface area contributed by atoms with Crippen LogP contribution in [0.4, 0.5) is 18.3 Å². The summed E-state index contributed by atoms with van der Waals surface area (Å²) in [7, 11) is 0. The van der Waals surface area contributed by atoms with Crippen LogP contribution in [0.15, 0.2) is 0 Å². The summed E-state index contributed by atoms with van der Waals surface area (Å²) in [5, 5.41) is 3.50. The van der Waals surface area contributed by atoms with Gasteiger partial charge in [0.1, 0.15) is 0 Å². The zero-order valence-corrected chi connectivity index (χ0v) is 13.2. The van der Waals surface area contributed by atoms with Crippen molar-refractivity contribution in [3.05, 3.63) is 10.6 Å². The standard InChI is InChI=1S/C13H22F3N3S/c1-5-19(6-2)12-18-11(13(14,15)16)10(20-12)8-17-7-9(3)4/h9,17H,5-8H2,1-4H3. The summed E-state index contributed by atoms with van der Waals surface area (Å²) >= 11 is 1.13. The normalized spacial score (nSPS) is 12.2. The quantitative estimate of drug-likeness (QED) is 0.831. The number of thiazole rings is 1. The van der Waals surface area contributed by atoms with Crippen molar-refractivity contribution in [3.63, 3.8) is 0 Å². The number of hydrogen-bond acceptors (Lipinski definition) is 4. The minimum Gasteiger partial charge on any atom is -0.349 e. The minimum absolute atomic E-state index is 0.214. The third kappa shape index (κ3) is 4.63. The van der Waals surface area contributed by atoms with Gasteiger partial charge in [-0.2, -0.15) is 13.2 Å². The highest BCUT2D eigenvalue weighted by molar-refractivity contribution is 7.15. The van der Waals surface area contributed by atoms with Crippen LogP contribution in [0.5, 0.6) is 0 Å². The molecule has 0 aromatic carbocycles. The fourth-order valence-corrected chi connectivity index (χ4v) is 2.96. The Balaban J connectivity index is 2.95. The number of anilines is 1. The Hall–Kier alpha value is -0.820. The first kappa shape index (κ1) is 17.2. The van der Waals surface area contributed by atoms with E-state index in [4.69, 9.17) is 0 Å². The van der Waals surface area contributed by atoms with Gasteiger partial charge in [0.2, 0.25) is 0 Å². The van der Waals surface area contributed by atoms with Gasteiger partial charge in [-0.25, -0.2) is 4.98 Å². The summed E-state index contributed by atoms with van der Waals surface area (Å²) in [5.41, 5.74) is -0.749. The van der Waals surface area contributed by atoms with E-state index in [1.807, 2.05) is 32.6 Å². The highest BCUT2D eigenvalue weighted by atomic mass is 32.1. The Labute approximate surface area is 122 Å². The van der Waals surface area contributed by atoms with Crippen LogP contribution in [-0.2, 0) is 12.7 Å². The van der Waals surface area contributed by atoms with E-state index in [-0.39, 0.29) is 11.4 Å². The topological polar surface area (TPSA) is 28.2 Å². The third-order valence-electron chi connectivity index (χ3n) is 2.83. The van der Waals surface area contributed by atoms with Gasteiger partial charge >= 0.3 is 6.18 Å². The molecule has 3 nitrogen and oxygen atoms in total. The first-order valence-electron chi connectivity index (χ1n) is 6.82. The van der Waals surface area contributed by atoms with E-state index in [1.165, 1.54) is 0 Å². The molecule has 0 radical (unpaired) electrons. The molecule has 1 aromatic rings. The highest BCUT2D eigenvalue weighted by Gasteiger charge is 2.37. The zero-order chi connectivity index (χ0) is 15.3. The molecule has 0 spiro atoms. The van der Waals surface area contributed by atoms with Gasteiger partial charge in [0.25, 0.3) is 0 Å². The summed E-state index contributed by atoms with van der Waals surface area (Å²) < 4.78 is 39.1. The fraction of sp³-hybridized carbons (Fsp3) is 0.769. The molecule has 0 fully saturated rings. The summed E-state index contributed by atoms with van der Waals surface area (Å²) in [5.74, 6) is 0.402. The predicted octanol–water partition coefficient (Wildman–Crippen LogP) is 3.75. The van der Waals surface area contributed by atoms with Gasteiger partial charge in [-0.15, -0.1) is 0 Å². The van der Waals surface area contributed by atoms with Gasteiger partial charge in [0.15, 0.2) is 10.8 Å². The van der Waals surface area contributed by atoms with Crippen molar-refractivity contribution in [1.29, 1.82) is 0 Å². The van der Waals surface area contributed by atoms with Gasteiger partial charge in [0.05, 0.1) is 4.88 Å². The SMILES string of the molecule is CCN(CC)c1nc(C(F)(F)F)c(CNCC(C)C)s1. The van der Waals surface area contributed by atoms with Crippen LogP contribution in [-0.4, -0.2) is 24.6 Å². The first-order chi connectivity index (χ1) is 9.29. The Morgan fingerprint density at radius 2 is 1.85 bits per heavy atom. The van der Waals surface area contributed by atoms with E-state index in [9.17, 15) is 13.2 Å². The molecule has 0 atom stereocenters. The van der Waals surface area contributed by atoms with Crippen molar-refractivity contribution >= 4 is 16.5 Å². The van der Waals surface area contributed by atoms with E-state index in [0.717, 1.165) is 11.3 Å². The van der Waals surface area contributed by atoms with E-state index < -0.39 is 11.9 Å². The number of alkyl halides is 3. The molecule has 0 bridgehead atoms. The van der Waals surface area contributed by atoms with E-state index in [1.54, 1.807) is 0 Å². The van der Waals surface area contributed by atoms with E-state index in [0.29, 0.717) is 30.7 Å². The molecule has 0 amide bonds. The number of nitrogens with zero attached hydrogens (tertiary/aromatic N) is 2. The Kier molecular flexibility index (Phi) is 6.26. The molecule has 7 heteroatoms. The van der Waals surface area contributed by atoms with Crippen LogP contribution in [0.25, 0.3) is 0 Å². The molecule has 0 aliphatic carbocycles. The lowest BCUT2D eigenvalue weighted by molar-refractivity contribution is -0.141. The number of nitrogens with one attached hydrogen (secondary N) is 1. The molecule has 116 valence electrons. The van der Waals surface area contributed by atoms with Gasteiger partial charge in [-0.3, -0.25) is 0 Å². The van der Waals surface area contributed by atoms with Crippen LogP contribution in [0.1, 0.15) is 38.3 Å². The Bertz CT molecular complexity index is 411. The second-order valence-electron chi connectivity index (χ2n) is 4.96. The summed E-state index contributed by atoms with van der Waals surface area (Å²) in [4.78, 5) is 5.90. The van der Waals surface area contributed by atoms with Crippen LogP contribution >= 0.6 is 11.3 Å². The second kappa shape index (κ2) is 7.26. The minimum atomic E-state index is -4.39. The molecule has 1 rings (SSSR count). The Morgan fingerprint density at radius 1 is 1.25 bits per heavy atom. The molecule has 20 heavy (non-hydrogen) atoms. The lowest BCUT2D eigenvalue weighted by atomic mass is 10.2. The highest BCUT2D eigenvalue weighted by Crippen LogP contribution is 2.37. The zero-order valence-electron chi connectivity index (χ0n) is 12.3. The molecule has 0 aliphatic rings. The maximum absolute atomic E-state index is 13.0. The predicted molar refractivity (Wildman–Crippen MR) is 77.2 cm³/mol. The molecule has 1 N–H and O–H groups in total. The van der Waals surface area contributed by atoms with Crippen molar-refractivity contribution in [2.75, 3.05) is 24.5 Å². The summed E-state index contributed by atoms with van der Waals surface area (Å²) in [6.45, 7) is 10.1. The molecule has 0 saturated carbocycles. The van der Waals surface area contributed by atoms with Gasteiger partial charge in [-0.05, 0) is 26.3 Å². The van der Waals surface area contributed by atoms with Gasteiger partial charge in [-0.1, -0.05) is 25.2 Å². The third-order valence-corrected chi connectivity index (χ3v) is 3.94. The van der Waals surface area contributed by atoms with Crippen LogP contribution < -0.4 is 10.2 Å². The van der Waals surface area contributed by atoms with E-state index >= 15 is 0 Å². The summed E-state index contributed by atoms with van der Waals surface area (Å²) in [6, 6.07) is 0. The monoisotopic (exact) mass is 309 g/mol. The molecule has 1 aromatic heterocycles. The fourth-order valence-electron chi connectivity index (χ4n) is 1.78. The number of halogens is 3. The average Bonchev–Trinajstić information content (AvgIpc) is 2.74. The number of hydrogen-bond donors (Lipinski definition) is 1. The van der Waals surface area contributed by atoms with Crippen molar-refractivity contribution in [1.82, 2.24) is 10.3 Å². The average molecular weight is 309 g/mol. The maximum atomic E-state index is 13.0. The van der Waals surface area contributed by atoms with Crippen molar-refractivity contribution < 1.29 is 13.2 Å². The lowest BCUT2D eigenvalue weighted by Crippen LogP contribution is -2.22. The van der Waals surface area contributed by atoms with Crippen molar-refractivity contribution in [2.45, 2.75) is 40.4 Å². The van der Waals surface area contributed by atoms with Gasteiger partial charge < -0.3 is 10.2 Å². The molecule has 0 saturated heterocycles. The van der Waals surface area contributed by atoms with Crippen molar-refractivity contribution in [3.8, 4) is 0 Å². The molecular formula is C13H22F3N3S. The van der Waals surface area contributed by atoms with Crippen molar-refractivity contribution in [2.24, 2.45) is 5.92 Å². The van der Waals surface area contributed by atoms with E-state index in [2.05, 4.69) is 10.3 Å². The molecule has 1 heterocycles. The van der Waals surface area contributed by atoms with Gasteiger partial charge in [0, 0.05) is 19.6 Å². The lowest BCUT2D eigenvalue weighted by Gasteiger charge is -2.16. The summed E-state index contributed by atoms with van der Waals surface area (Å²) in [6.07, 6.45) is -4.39. The smallest absolute Gasteiger partial charge is 0.349 e. The number of rotatable bonds is 7. The largest absolute Gasteiger partial charge is 0.434 e. The molecular weight excluding hydrogens is 287 g/mol. The maximum Gasteiger partial charge on any atom is 0.434 e. The molecule has 0 unspecified atom stereocenters. The van der Waals surface area contributed by atoms with Crippen LogP contribution in [0.3, 0.4) is 0 Å². The number of aromatic nitrogens is 1. The Morgan fingerprint density at radius 3 is 2.30 bits per heavy atom. The van der Waals surface area contributed by atoms with Crippen LogP contribution in [0, 0.1) is 5.92 Å². The van der Waals surface area contributed by atoms with Crippen LogP contribution in [0.2, 0.25) is 0 Å².